The zero-order valence-corrected chi connectivity index (χ0v) is 7.15. The van der Waals surface area contributed by atoms with Crippen molar-refractivity contribution < 1.29 is 4.99 Å². The van der Waals surface area contributed by atoms with Crippen molar-refractivity contribution in [1.82, 2.24) is 20.6 Å². The molecular weight excluding hydrogens is 180 g/mol. The Morgan fingerprint density at radius 1 is 1.29 bits per heavy atom. The molecule has 0 unspecified atom stereocenters. The summed E-state index contributed by atoms with van der Waals surface area (Å²) >= 11 is 0. The predicted molar refractivity (Wildman–Crippen MR) is 50.8 cm³/mol. The Morgan fingerprint density at radius 2 is 2.29 bits per heavy atom. The lowest BCUT2D eigenvalue weighted by atomic mass is 10.2. The number of nitrogens with zero attached hydrogens (tertiary/aromatic N) is 3. The number of fused-ring (bicyclic) bond motifs is 3. The molecule has 2 heterocycles. The number of anilines is 1. The van der Waals surface area contributed by atoms with Crippen LogP contribution >= 0.6 is 0 Å². The Hall–Kier alpha value is -2.24. The van der Waals surface area contributed by atoms with Crippen LogP contribution in [0.1, 0.15) is 0 Å². The second-order valence-electron chi connectivity index (χ2n) is 2.87. The van der Waals surface area contributed by atoms with Crippen molar-refractivity contribution in [2.45, 2.75) is 0 Å². The molecule has 1 aromatic carbocycles. The molecule has 0 amide bonds. The molecule has 1 aromatic heterocycles. The van der Waals surface area contributed by atoms with E-state index in [4.69, 9.17) is 0 Å². The molecule has 6 heteroatoms. The van der Waals surface area contributed by atoms with Crippen LogP contribution in [0.2, 0.25) is 0 Å². The van der Waals surface area contributed by atoms with Crippen LogP contribution in [-0.2, 0) is 0 Å². The predicted octanol–water partition coefficient (Wildman–Crippen LogP) is -1.30. The Labute approximate surface area is 79.1 Å². The Morgan fingerprint density at radius 3 is 3.29 bits per heavy atom. The Balaban J connectivity index is 2.42. The second kappa shape index (κ2) is 2.63. The monoisotopic (exact) mass is 187 g/mol. The molecule has 3 rings (SSSR count). The normalized spacial score (nSPS) is 13.1. The quantitative estimate of drug-likeness (QED) is 0.477. The third kappa shape index (κ3) is 0.905. The standard InChI is InChI=1S/C8H6N6/c1-2-6-8(10-4-12-14-6)7-5(1)13-11-3-9-7/h1-4,13H,(H,9,11)/p+1. The van der Waals surface area contributed by atoms with E-state index in [2.05, 4.69) is 31.0 Å². The molecule has 0 saturated heterocycles. The van der Waals surface area contributed by atoms with Gasteiger partial charge in [0.2, 0.25) is 0 Å². The largest absolute Gasteiger partial charge is 0.258 e. The van der Waals surface area contributed by atoms with Crippen molar-refractivity contribution in [3.8, 4) is 0 Å². The average molecular weight is 187 g/mol. The molecular formula is C8H7N6+. The van der Waals surface area contributed by atoms with E-state index in [-0.39, 0.29) is 0 Å². The highest BCUT2D eigenvalue weighted by Gasteiger charge is 2.14. The fourth-order valence-corrected chi connectivity index (χ4v) is 1.44. The highest BCUT2D eigenvalue weighted by Crippen LogP contribution is 2.23. The molecule has 0 radical (unpaired) electrons. The Kier molecular flexibility index (Phi) is 1.35. The lowest BCUT2D eigenvalue weighted by Gasteiger charge is -2.08. The average Bonchev–Trinajstić information content (AvgIpc) is 2.29. The summed E-state index contributed by atoms with van der Waals surface area (Å²) in [5.74, 6) is 0. The number of hydrogen-bond donors (Lipinski definition) is 3. The maximum atomic E-state index is 4.17. The molecule has 1 aliphatic rings. The molecule has 0 fully saturated rings. The molecule has 3 N–H and O–H groups in total. The third-order valence-corrected chi connectivity index (χ3v) is 2.06. The van der Waals surface area contributed by atoms with Gasteiger partial charge in [0, 0.05) is 0 Å². The number of hydrazine groups is 1. The first-order valence-electron chi connectivity index (χ1n) is 4.15. The van der Waals surface area contributed by atoms with Crippen LogP contribution in [0.15, 0.2) is 18.5 Å². The maximum Gasteiger partial charge on any atom is 0.258 e. The van der Waals surface area contributed by atoms with E-state index >= 15 is 0 Å². The van der Waals surface area contributed by atoms with Gasteiger partial charge in [0.1, 0.15) is 23.0 Å². The summed E-state index contributed by atoms with van der Waals surface area (Å²) in [5.41, 5.74) is 9.29. The maximum absolute atomic E-state index is 4.17. The summed E-state index contributed by atoms with van der Waals surface area (Å²) in [6, 6.07) is 3.79. The van der Waals surface area contributed by atoms with Crippen LogP contribution in [0.3, 0.4) is 0 Å². The number of nitrogens with one attached hydrogen (secondary N) is 3. The highest BCUT2D eigenvalue weighted by atomic mass is 15.4. The van der Waals surface area contributed by atoms with Crippen molar-refractivity contribution in [1.29, 1.82) is 0 Å². The van der Waals surface area contributed by atoms with Gasteiger partial charge in [0.05, 0.1) is 0 Å². The van der Waals surface area contributed by atoms with E-state index in [9.17, 15) is 0 Å². The molecule has 1 aliphatic heterocycles. The van der Waals surface area contributed by atoms with Crippen LogP contribution in [-0.4, -0.2) is 21.5 Å². The minimum absolute atomic E-state index is 0.774. The minimum Gasteiger partial charge on any atom is -0.242 e. The molecule has 6 nitrogen and oxygen atoms in total. The topological polar surface area (TPSA) is 76.7 Å². The molecule has 0 bridgehead atoms. The van der Waals surface area contributed by atoms with Gasteiger partial charge in [-0.05, 0) is 12.1 Å². The van der Waals surface area contributed by atoms with Crippen LogP contribution in [0.25, 0.3) is 11.0 Å². The van der Waals surface area contributed by atoms with Gasteiger partial charge in [0.25, 0.3) is 6.34 Å². The lowest BCUT2D eigenvalue weighted by Crippen LogP contribution is -2.68. The fourth-order valence-electron chi connectivity index (χ4n) is 1.44. The van der Waals surface area contributed by atoms with Crippen LogP contribution < -0.4 is 15.8 Å². The van der Waals surface area contributed by atoms with Crippen molar-refractivity contribution in [2.24, 2.45) is 0 Å². The van der Waals surface area contributed by atoms with Gasteiger partial charge in [0.15, 0.2) is 5.69 Å². The lowest BCUT2D eigenvalue weighted by molar-refractivity contribution is -0.348. The second-order valence-corrected chi connectivity index (χ2v) is 2.87. The van der Waals surface area contributed by atoms with Crippen LogP contribution in [0.4, 0.5) is 11.4 Å². The summed E-state index contributed by atoms with van der Waals surface area (Å²) in [6.45, 7) is 0. The molecule has 14 heavy (non-hydrogen) atoms. The smallest absolute Gasteiger partial charge is 0.242 e. The van der Waals surface area contributed by atoms with Crippen molar-refractivity contribution in [3.05, 3.63) is 18.5 Å². The SMILES string of the molecule is C1=[NH+]c2c(ccc3nncnc23)NN1. The number of hydrogen-bond acceptors (Lipinski definition) is 5. The van der Waals surface area contributed by atoms with Gasteiger partial charge in [-0.2, -0.15) is 5.43 Å². The first-order valence-corrected chi connectivity index (χ1v) is 4.15. The van der Waals surface area contributed by atoms with Gasteiger partial charge in [-0.3, -0.25) is 0 Å². The molecule has 0 atom stereocenters. The van der Waals surface area contributed by atoms with E-state index in [1.807, 2.05) is 12.1 Å². The summed E-state index contributed by atoms with van der Waals surface area (Å²) in [5, 5.41) is 7.70. The van der Waals surface area contributed by atoms with E-state index in [1.165, 1.54) is 6.33 Å². The van der Waals surface area contributed by atoms with Gasteiger partial charge < -0.3 is 0 Å². The van der Waals surface area contributed by atoms with Gasteiger partial charge in [-0.25, -0.2) is 15.4 Å². The molecule has 2 aromatic rings. The van der Waals surface area contributed by atoms with Crippen LogP contribution in [0, 0.1) is 0 Å². The first-order chi connectivity index (χ1) is 6.95. The highest BCUT2D eigenvalue weighted by molar-refractivity contribution is 5.91. The van der Waals surface area contributed by atoms with E-state index in [0.29, 0.717) is 0 Å². The summed E-state index contributed by atoms with van der Waals surface area (Å²) in [7, 11) is 0. The van der Waals surface area contributed by atoms with Crippen LogP contribution in [0.5, 0.6) is 0 Å². The molecule has 68 valence electrons. The number of benzene rings is 1. The zero-order chi connectivity index (χ0) is 9.38. The number of aromatic nitrogens is 3. The zero-order valence-electron chi connectivity index (χ0n) is 7.15. The van der Waals surface area contributed by atoms with Gasteiger partial charge in [-0.1, -0.05) is 0 Å². The van der Waals surface area contributed by atoms with Gasteiger partial charge in [-0.15, -0.1) is 10.2 Å². The minimum atomic E-state index is 0.774. The Bertz CT molecular complexity index is 520. The van der Waals surface area contributed by atoms with E-state index in [0.717, 1.165) is 22.4 Å². The van der Waals surface area contributed by atoms with Gasteiger partial charge >= 0.3 is 0 Å². The first kappa shape index (κ1) is 7.19. The number of rotatable bonds is 0. The summed E-state index contributed by atoms with van der Waals surface area (Å²) < 4.78 is 0. The van der Waals surface area contributed by atoms with E-state index in [1.54, 1.807) is 6.34 Å². The molecule has 0 aliphatic carbocycles. The van der Waals surface area contributed by atoms with Crippen molar-refractivity contribution in [2.75, 3.05) is 5.43 Å². The molecule has 0 saturated carbocycles. The van der Waals surface area contributed by atoms with Crippen molar-refractivity contribution in [3.63, 3.8) is 0 Å². The fraction of sp³-hybridized carbons (Fsp3) is 0. The van der Waals surface area contributed by atoms with E-state index < -0.39 is 0 Å². The molecule has 0 spiro atoms. The van der Waals surface area contributed by atoms with Crippen molar-refractivity contribution >= 4 is 28.7 Å². The summed E-state index contributed by atoms with van der Waals surface area (Å²) in [6.07, 6.45) is 3.14. The summed E-state index contributed by atoms with van der Waals surface area (Å²) in [4.78, 5) is 7.25. The third-order valence-electron chi connectivity index (χ3n) is 2.06.